The summed E-state index contributed by atoms with van der Waals surface area (Å²) in [6.45, 7) is 5.47. The highest BCUT2D eigenvalue weighted by Gasteiger charge is 2.12. The van der Waals surface area contributed by atoms with Gasteiger partial charge in [-0.2, -0.15) is 0 Å². The molecular weight excluding hydrogens is 216 g/mol. The number of fused-ring (bicyclic) bond motifs is 2. The number of aryl methyl sites for hydroxylation is 2. The highest BCUT2D eigenvalue weighted by Crippen LogP contribution is 2.23. The van der Waals surface area contributed by atoms with Crippen LogP contribution in [-0.2, 0) is 22.7 Å². The Bertz CT molecular complexity index is 581. The molecular formula is C13H14N2O2. The van der Waals surface area contributed by atoms with Crippen LogP contribution in [0, 0.1) is 13.8 Å². The van der Waals surface area contributed by atoms with Crippen LogP contribution in [0.5, 0.6) is 0 Å². The molecule has 17 heavy (non-hydrogen) atoms. The van der Waals surface area contributed by atoms with Gasteiger partial charge in [0, 0.05) is 11.1 Å². The van der Waals surface area contributed by atoms with Crippen molar-refractivity contribution in [2.45, 2.75) is 27.1 Å². The van der Waals surface area contributed by atoms with Gasteiger partial charge >= 0.3 is 0 Å². The number of rotatable bonds is 0. The lowest BCUT2D eigenvalue weighted by Crippen LogP contribution is -1.98. The average Bonchev–Trinajstić information content (AvgIpc) is 2.51. The first-order chi connectivity index (χ1) is 8.24. The SMILES string of the molecule is Cc1nc(C)c2cc3c(cc2n1)COCOC3. The first kappa shape index (κ1) is 10.6. The summed E-state index contributed by atoms with van der Waals surface area (Å²) < 4.78 is 10.7. The quantitative estimate of drug-likeness (QED) is 0.696. The van der Waals surface area contributed by atoms with Gasteiger partial charge in [-0.3, -0.25) is 0 Å². The fourth-order valence-electron chi connectivity index (χ4n) is 2.19. The molecule has 1 aromatic carbocycles. The first-order valence-electron chi connectivity index (χ1n) is 5.66. The Morgan fingerprint density at radius 1 is 1.00 bits per heavy atom. The van der Waals surface area contributed by atoms with Crippen LogP contribution < -0.4 is 0 Å². The summed E-state index contributed by atoms with van der Waals surface area (Å²) in [5.41, 5.74) is 4.33. The van der Waals surface area contributed by atoms with Crippen LogP contribution in [0.3, 0.4) is 0 Å². The minimum absolute atomic E-state index is 0.356. The van der Waals surface area contributed by atoms with Crippen LogP contribution in [0.1, 0.15) is 22.6 Å². The van der Waals surface area contributed by atoms with Crippen molar-refractivity contribution in [1.29, 1.82) is 0 Å². The first-order valence-corrected chi connectivity index (χ1v) is 5.66. The van der Waals surface area contributed by atoms with Crippen molar-refractivity contribution in [2.75, 3.05) is 6.79 Å². The summed E-state index contributed by atoms with van der Waals surface area (Å²) in [6.07, 6.45) is 0. The Hall–Kier alpha value is -1.52. The van der Waals surface area contributed by atoms with E-state index in [2.05, 4.69) is 22.1 Å². The van der Waals surface area contributed by atoms with Gasteiger partial charge in [-0.1, -0.05) is 0 Å². The zero-order chi connectivity index (χ0) is 11.8. The maximum atomic E-state index is 5.37. The highest BCUT2D eigenvalue weighted by molar-refractivity contribution is 5.82. The lowest BCUT2D eigenvalue weighted by molar-refractivity contribution is -0.0586. The maximum absolute atomic E-state index is 5.37. The molecule has 1 aliphatic heterocycles. The average molecular weight is 230 g/mol. The Kier molecular flexibility index (Phi) is 2.53. The lowest BCUT2D eigenvalue weighted by Gasteiger charge is -2.08. The van der Waals surface area contributed by atoms with Crippen molar-refractivity contribution in [3.63, 3.8) is 0 Å². The fourth-order valence-corrected chi connectivity index (χ4v) is 2.19. The summed E-state index contributed by atoms with van der Waals surface area (Å²) in [7, 11) is 0. The number of hydrogen-bond acceptors (Lipinski definition) is 4. The van der Waals surface area contributed by atoms with Crippen LogP contribution in [0.15, 0.2) is 12.1 Å². The molecule has 0 spiro atoms. The third-order valence-electron chi connectivity index (χ3n) is 3.00. The van der Waals surface area contributed by atoms with Gasteiger partial charge in [0.1, 0.15) is 12.6 Å². The van der Waals surface area contributed by atoms with Crippen molar-refractivity contribution >= 4 is 10.9 Å². The molecule has 0 atom stereocenters. The summed E-state index contributed by atoms with van der Waals surface area (Å²) in [4.78, 5) is 8.86. The smallest absolute Gasteiger partial charge is 0.147 e. The molecule has 88 valence electrons. The van der Waals surface area contributed by atoms with Crippen LogP contribution in [0.2, 0.25) is 0 Å². The van der Waals surface area contributed by atoms with E-state index in [9.17, 15) is 0 Å². The molecule has 0 fully saturated rings. The van der Waals surface area contributed by atoms with E-state index >= 15 is 0 Å². The second kappa shape index (κ2) is 4.05. The van der Waals surface area contributed by atoms with E-state index in [0.29, 0.717) is 20.0 Å². The molecule has 4 nitrogen and oxygen atoms in total. The number of ether oxygens (including phenoxy) is 2. The number of nitrogens with zero attached hydrogens (tertiary/aromatic N) is 2. The van der Waals surface area contributed by atoms with Gasteiger partial charge in [0.15, 0.2) is 0 Å². The molecule has 2 aromatic rings. The standard InChI is InChI=1S/C13H14N2O2/c1-8-12-3-10-5-16-7-17-6-11(10)4-13(12)15-9(2)14-8/h3-4H,5-7H2,1-2H3. The van der Waals surface area contributed by atoms with Crippen LogP contribution in [0.4, 0.5) is 0 Å². The van der Waals surface area contributed by atoms with Crippen molar-refractivity contribution < 1.29 is 9.47 Å². The molecule has 2 heterocycles. The molecule has 1 aliphatic rings. The monoisotopic (exact) mass is 230 g/mol. The van der Waals surface area contributed by atoms with Crippen molar-refractivity contribution in [1.82, 2.24) is 9.97 Å². The van der Waals surface area contributed by atoms with Crippen molar-refractivity contribution in [3.05, 3.63) is 34.8 Å². The summed E-state index contributed by atoms with van der Waals surface area (Å²) in [5.74, 6) is 0.806. The second-order valence-electron chi connectivity index (χ2n) is 4.31. The molecule has 0 radical (unpaired) electrons. The molecule has 0 unspecified atom stereocenters. The van der Waals surface area contributed by atoms with E-state index in [1.807, 2.05) is 13.8 Å². The zero-order valence-corrected chi connectivity index (χ0v) is 9.99. The molecule has 4 heteroatoms. The van der Waals surface area contributed by atoms with Crippen LogP contribution in [-0.4, -0.2) is 16.8 Å². The van der Waals surface area contributed by atoms with E-state index in [0.717, 1.165) is 28.0 Å². The molecule has 0 N–H and O–H groups in total. The molecule has 0 amide bonds. The van der Waals surface area contributed by atoms with E-state index in [4.69, 9.17) is 9.47 Å². The topological polar surface area (TPSA) is 44.2 Å². The fraction of sp³-hybridized carbons (Fsp3) is 0.385. The van der Waals surface area contributed by atoms with Gasteiger partial charge in [-0.05, 0) is 37.1 Å². The molecule has 3 rings (SSSR count). The number of aromatic nitrogens is 2. The van der Waals surface area contributed by atoms with Crippen LogP contribution in [0.25, 0.3) is 10.9 Å². The Morgan fingerprint density at radius 2 is 1.71 bits per heavy atom. The van der Waals surface area contributed by atoms with Gasteiger partial charge in [0.2, 0.25) is 0 Å². The van der Waals surface area contributed by atoms with Gasteiger partial charge in [0.05, 0.1) is 18.7 Å². The number of benzene rings is 1. The molecule has 0 aliphatic carbocycles. The van der Waals surface area contributed by atoms with E-state index in [1.165, 1.54) is 5.56 Å². The van der Waals surface area contributed by atoms with E-state index in [1.54, 1.807) is 0 Å². The van der Waals surface area contributed by atoms with E-state index in [-0.39, 0.29) is 0 Å². The largest absolute Gasteiger partial charge is 0.351 e. The lowest BCUT2D eigenvalue weighted by atomic mass is 10.0. The summed E-state index contributed by atoms with van der Waals surface area (Å²) >= 11 is 0. The number of hydrogen-bond donors (Lipinski definition) is 0. The van der Waals surface area contributed by atoms with Gasteiger partial charge in [0.25, 0.3) is 0 Å². The Morgan fingerprint density at radius 3 is 2.47 bits per heavy atom. The van der Waals surface area contributed by atoms with Gasteiger partial charge < -0.3 is 9.47 Å². The predicted octanol–water partition coefficient (Wildman–Crippen LogP) is 2.25. The molecule has 0 saturated carbocycles. The van der Waals surface area contributed by atoms with Crippen molar-refractivity contribution in [2.24, 2.45) is 0 Å². The Labute approximate surface area is 99.6 Å². The highest BCUT2D eigenvalue weighted by atomic mass is 16.7. The van der Waals surface area contributed by atoms with Crippen molar-refractivity contribution in [3.8, 4) is 0 Å². The molecule has 0 saturated heterocycles. The predicted molar refractivity (Wildman–Crippen MR) is 63.5 cm³/mol. The molecule has 0 bridgehead atoms. The zero-order valence-electron chi connectivity index (χ0n) is 9.99. The summed E-state index contributed by atoms with van der Waals surface area (Å²) in [6, 6.07) is 4.20. The van der Waals surface area contributed by atoms with Gasteiger partial charge in [-0.15, -0.1) is 0 Å². The molecule has 1 aromatic heterocycles. The van der Waals surface area contributed by atoms with E-state index < -0.39 is 0 Å². The Balaban J connectivity index is 2.25. The normalized spacial score (nSPS) is 15.6. The van der Waals surface area contributed by atoms with Gasteiger partial charge in [-0.25, -0.2) is 9.97 Å². The minimum Gasteiger partial charge on any atom is -0.351 e. The third kappa shape index (κ3) is 1.90. The maximum Gasteiger partial charge on any atom is 0.147 e. The second-order valence-corrected chi connectivity index (χ2v) is 4.31. The third-order valence-corrected chi connectivity index (χ3v) is 3.00. The minimum atomic E-state index is 0.356. The van der Waals surface area contributed by atoms with Crippen LogP contribution >= 0.6 is 0 Å². The summed E-state index contributed by atoms with van der Waals surface area (Å²) in [5, 5.41) is 1.10.